The zero-order valence-corrected chi connectivity index (χ0v) is 17.8. The first kappa shape index (κ1) is 23.8. The first-order chi connectivity index (χ1) is 15.7. The van der Waals surface area contributed by atoms with E-state index in [-0.39, 0.29) is 34.8 Å². The number of sulfonamides is 1. The van der Waals surface area contributed by atoms with Crippen molar-refractivity contribution < 1.29 is 31.2 Å². The number of amides is 2. The van der Waals surface area contributed by atoms with E-state index in [1.165, 1.54) is 12.1 Å². The predicted molar refractivity (Wildman–Crippen MR) is 116 cm³/mol. The topological polar surface area (TPSA) is 104 Å². The van der Waals surface area contributed by atoms with Crippen LogP contribution in [-0.4, -0.2) is 26.8 Å². The maximum absolute atomic E-state index is 13.6. The molecule has 2 amide bonds. The molecule has 0 radical (unpaired) electrons. The molecule has 0 aliphatic heterocycles. The van der Waals surface area contributed by atoms with E-state index in [1.54, 1.807) is 12.1 Å². The Kier molecular flexibility index (Phi) is 7.34. The number of halogens is 3. The van der Waals surface area contributed by atoms with Crippen LogP contribution >= 0.6 is 0 Å². The van der Waals surface area contributed by atoms with Gasteiger partial charge in [0.05, 0.1) is 21.8 Å². The second kappa shape index (κ2) is 10.2. The van der Waals surface area contributed by atoms with Crippen molar-refractivity contribution in [2.45, 2.75) is 11.3 Å². The van der Waals surface area contributed by atoms with Gasteiger partial charge in [0.25, 0.3) is 15.9 Å². The molecule has 0 unspecified atom stereocenters. The Morgan fingerprint density at radius 3 is 2.12 bits per heavy atom. The minimum Gasteiger partial charge on any atom is -0.351 e. The molecule has 0 aliphatic carbocycles. The Morgan fingerprint density at radius 1 is 0.818 bits per heavy atom. The second-order valence-corrected chi connectivity index (χ2v) is 8.47. The summed E-state index contributed by atoms with van der Waals surface area (Å²) in [6.45, 7) is -0.148. The molecular formula is C22H18F3N3O4S. The third-order valence-corrected chi connectivity index (χ3v) is 5.76. The van der Waals surface area contributed by atoms with Crippen molar-refractivity contribution in [3.63, 3.8) is 0 Å². The van der Waals surface area contributed by atoms with Crippen LogP contribution in [0.2, 0.25) is 0 Å². The molecule has 3 aromatic rings. The minimum absolute atomic E-state index is 0.0765. The van der Waals surface area contributed by atoms with E-state index in [1.807, 2.05) is 0 Å². The van der Waals surface area contributed by atoms with E-state index in [9.17, 15) is 31.2 Å². The van der Waals surface area contributed by atoms with Crippen molar-refractivity contribution in [2.75, 3.05) is 16.6 Å². The molecule has 0 saturated heterocycles. The maximum atomic E-state index is 13.6. The van der Waals surface area contributed by atoms with Crippen molar-refractivity contribution >= 4 is 33.2 Å². The molecule has 0 bridgehead atoms. The fourth-order valence-electron chi connectivity index (χ4n) is 2.77. The Morgan fingerprint density at radius 2 is 1.45 bits per heavy atom. The average molecular weight is 477 g/mol. The SMILES string of the molecule is O=C(CCNC(=O)c1ccc(F)cc1F)Nc1ccccc1NS(=O)(=O)c1ccc(F)cc1. The summed E-state index contributed by atoms with van der Waals surface area (Å²) < 4.78 is 67.0. The van der Waals surface area contributed by atoms with E-state index in [0.717, 1.165) is 36.4 Å². The largest absolute Gasteiger partial charge is 0.351 e. The van der Waals surface area contributed by atoms with E-state index in [4.69, 9.17) is 0 Å². The number of para-hydroxylation sites is 2. The lowest BCUT2D eigenvalue weighted by atomic mass is 10.2. The Labute approximate surface area is 187 Å². The molecule has 0 aliphatic rings. The first-order valence-electron chi connectivity index (χ1n) is 9.56. The van der Waals surface area contributed by atoms with Gasteiger partial charge in [0.15, 0.2) is 0 Å². The van der Waals surface area contributed by atoms with Crippen LogP contribution in [0.15, 0.2) is 71.6 Å². The molecule has 172 valence electrons. The molecule has 3 rings (SSSR count). The van der Waals surface area contributed by atoms with Crippen LogP contribution in [0, 0.1) is 17.5 Å². The molecule has 0 heterocycles. The van der Waals surface area contributed by atoms with E-state index in [0.29, 0.717) is 6.07 Å². The third kappa shape index (κ3) is 6.32. The van der Waals surface area contributed by atoms with Crippen LogP contribution in [0.5, 0.6) is 0 Å². The van der Waals surface area contributed by atoms with Crippen LogP contribution in [0.3, 0.4) is 0 Å². The summed E-state index contributed by atoms with van der Waals surface area (Å²) in [4.78, 5) is 24.1. The van der Waals surface area contributed by atoms with Gasteiger partial charge in [-0.2, -0.15) is 0 Å². The highest BCUT2D eigenvalue weighted by molar-refractivity contribution is 7.92. The summed E-state index contributed by atoms with van der Waals surface area (Å²) in [5, 5.41) is 4.88. The normalized spacial score (nSPS) is 11.0. The van der Waals surface area contributed by atoms with Gasteiger partial charge in [0, 0.05) is 19.0 Å². The molecule has 0 aromatic heterocycles. The van der Waals surface area contributed by atoms with Gasteiger partial charge >= 0.3 is 0 Å². The number of hydrogen-bond acceptors (Lipinski definition) is 4. The van der Waals surface area contributed by atoms with Gasteiger partial charge in [0.2, 0.25) is 5.91 Å². The Balaban J connectivity index is 1.60. The summed E-state index contributed by atoms with van der Waals surface area (Å²) in [5.74, 6) is -3.80. The summed E-state index contributed by atoms with van der Waals surface area (Å²) in [6.07, 6.45) is -0.201. The van der Waals surface area contributed by atoms with E-state index in [2.05, 4.69) is 15.4 Å². The van der Waals surface area contributed by atoms with Crippen molar-refractivity contribution in [2.24, 2.45) is 0 Å². The number of hydrogen-bond donors (Lipinski definition) is 3. The molecule has 0 saturated carbocycles. The number of rotatable bonds is 8. The molecule has 3 aromatic carbocycles. The number of carbonyl (C=O) groups excluding carboxylic acids is 2. The number of carbonyl (C=O) groups is 2. The van der Waals surface area contributed by atoms with Crippen LogP contribution in [0.25, 0.3) is 0 Å². The lowest BCUT2D eigenvalue weighted by Gasteiger charge is -2.14. The molecule has 3 N–H and O–H groups in total. The molecule has 0 atom stereocenters. The zero-order chi connectivity index (χ0) is 24.0. The van der Waals surface area contributed by atoms with Crippen LogP contribution in [-0.2, 0) is 14.8 Å². The molecule has 33 heavy (non-hydrogen) atoms. The highest BCUT2D eigenvalue weighted by atomic mass is 32.2. The monoisotopic (exact) mass is 477 g/mol. The van der Waals surface area contributed by atoms with Gasteiger partial charge in [-0.05, 0) is 48.5 Å². The van der Waals surface area contributed by atoms with Gasteiger partial charge in [-0.3, -0.25) is 14.3 Å². The first-order valence-corrected chi connectivity index (χ1v) is 11.0. The van der Waals surface area contributed by atoms with E-state index >= 15 is 0 Å². The fraction of sp³-hybridized carbons (Fsp3) is 0.0909. The molecular weight excluding hydrogens is 459 g/mol. The van der Waals surface area contributed by atoms with Crippen LogP contribution in [0.1, 0.15) is 16.8 Å². The summed E-state index contributed by atoms with van der Waals surface area (Å²) >= 11 is 0. The fourth-order valence-corrected chi connectivity index (χ4v) is 3.85. The Hall–Kier alpha value is -3.86. The Bertz CT molecular complexity index is 1280. The highest BCUT2D eigenvalue weighted by Crippen LogP contribution is 2.24. The number of nitrogens with one attached hydrogen (secondary N) is 3. The van der Waals surface area contributed by atoms with Crippen molar-refractivity contribution in [3.05, 3.63) is 89.7 Å². The number of benzene rings is 3. The van der Waals surface area contributed by atoms with Gasteiger partial charge in [-0.25, -0.2) is 21.6 Å². The highest BCUT2D eigenvalue weighted by Gasteiger charge is 2.17. The molecule has 11 heteroatoms. The van der Waals surface area contributed by atoms with Crippen LogP contribution in [0.4, 0.5) is 24.5 Å². The predicted octanol–water partition coefficient (Wildman–Crippen LogP) is 3.66. The quantitative estimate of drug-likeness (QED) is 0.461. The average Bonchev–Trinajstić information content (AvgIpc) is 2.75. The van der Waals surface area contributed by atoms with Crippen molar-refractivity contribution in [1.29, 1.82) is 0 Å². The minimum atomic E-state index is -4.04. The lowest BCUT2D eigenvalue weighted by Crippen LogP contribution is -2.28. The van der Waals surface area contributed by atoms with Crippen molar-refractivity contribution in [3.8, 4) is 0 Å². The van der Waals surface area contributed by atoms with Gasteiger partial charge < -0.3 is 10.6 Å². The van der Waals surface area contributed by atoms with Crippen molar-refractivity contribution in [1.82, 2.24) is 5.32 Å². The number of anilines is 2. The molecule has 0 spiro atoms. The van der Waals surface area contributed by atoms with Gasteiger partial charge in [0.1, 0.15) is 17.5 Å². The standard InChI is InChI=1S/C22H18F3N3O4S/c23-14-5-8-16(9-6-14)33(31,32)28-20-4-2-1-3-19(20)27-21(29)11-12-26-22(30)17-10-7-15(24)13-18(17)25/h1-10,13,28H,11-12H2,(H,26,30)(H,27,29). The molecule has 7 nitrogen and oxygen atoms in total. The zero-order valence-electron chi connectivity index (χ0n) is 16.9. The van der Waals surface area contributed by atoms with E-state index < -0.39 is 39.3 Å². The van der Waals surface area contributed by atoms with Gasteiger partial charge in [-0.15, -0.1) is 0 Å². The second-order valence-electron chi connectivity index (χ2n) is 6.78. The third-order valence-electron chi connectivity index (χ3n) is 4.38. The summed E-state index contributed by atoms with van der Waals surface area (Å²) in [7, 11) is -4.04. The maximum Gasteiger partial charge on any atom is 0.261 e. The van der Waals surface area contributed by atoms with Crippen LogP contribution < -0.4 is 15.4 Å². The summed E-state index contributed by atoms with van der Waals surface area (Å²) in [6, 6.07) is 12.7. The molecule has 0 fully saturated rings. The van der Waals surface area contributed by atoms with Gasteiger partial charge in [-0.1, -0.05) is 12.1 Å². The smallest absolute Gasteiger partial charge is 0.261 e. The lowest BCUT2D eigenvalue weighted by molar-refractivity contribution is -0.116. The summed E-state index contributed by atoms with van der Waals surface area (Å²) in [5.41, 5.74) is -0.131.